The molecule has 0 saturated carbocycles. The van der Waals surface area contributed by atoms with Crippen molar-refractivity contribution in [2.75, 3.05) is 13.1 Å². The van der Waals surface area contributed by atoms with Crippen molar-refractivity contribution >= 4 is 0 Å². The van der Waals surface area contributed by atoms with Gasteiger partial charge in [0.25, 0.3) is 0 Å². The minimum absolute atomic E-state index is 0.569. The van der Waals surface area contributed by atoms with Crippen molar-refractivity contribution in [2.45, 2.75) is 31.8 Å². The highest BCUT2D eigenvalue weighted by Gasteiger charge is 2.22. The van der Waals surface area contributed by atoms with Crippen LogP contribution in [-0.4, -0.2) is 38.0 Å². The summed E-state index contributed by atoms with van der Waals surface area (Å²) >= 11 is 0. The normalized spacial score (nSPS) is 18.8. The highest BCUT2D eigenvalue weighted by Crippen LogP contribution is 2.26. The molecule has 5 heteroatoms. The zero-order valence-corrected chi connectivity index (χ0v) is 13.8. The summed E-state index contributed by atoms with van der Waals surface area (Å²) in [6.07, 6.45) is 8.19. The lowest BCUT2D eigenvalue weighted by atomic mass is 9.94. The van der Waals surface area contributed by atoms with Crippen LogP contribution >= 0.6 is 0 Å². The molecule has 3 aromatic rings. The summed E-state index contributed by atoms with van der Waals surface area (Å²) < 4.78 is 1.99. The van der Waals surface area contributed by atoms with Gasteiger partial charge in [-0.05, 0) is 42.6 Å². The van der Waals surface area contributed by atoms with Gasteiger partial charge >= 0.3 is 0 Å². The standard InChI is InChI=1S/C19H23N5/c1-2-6-17(15-24-12-4-9-21-24)16(5-1)13-23-11-3-7-18(14-23)19-8-10-20-22-19/h1-2,4-6,8-10,12,18H,3,7,11,13-15H2,(H,20,22). The molecule has 0 aliphatic carbocycles. The lowest BCUT2D eigenvalue weighted by Crippen LogP contribution is -2.34. The van der Waals surface area contributed by atoms with E-state index in [1.807, 2.05) is 29.3 Å². The Balaban J connectivity index is 1.47. The number of benzene rings is 1. The lowest BCUT2D eigenvalue weighted by molar-refractivity contribution is 0.198. The second kappa shape index (κ2) is 7.01. The SMILES string of the molecule is c1ccc(Cn2cccn2)c(CN2CCCC(c3ccn[nH]3)C2)c1. The zero-order valence-electron chi connectivity index (χ0n) is 13.8. The van der Waals surface area contributed by atoms with E-state index in [9.17, 15) is 0 Å². The van der Waals surface area contributed by atoms with Crippen molar-refractivity contribution in [1.82, 2.24) is 24.9 Å². The molecule has 5 nitrogen and oxygen atoms in total. The zero-order chi connectivity index (χ0) is 16.2. The fourth-order valence-corrected chi connectivity index (χ4v) is 3.62. The van der Waals surface area contributed by atoms with Gasteiger partial charge in [-0.25, -0.2) is 0 Å². The molecule has 124 valence electrons. The third kappa shape index (κ3) is 3.41. The molecule has 3 heterocycles. The number of aromatic nitrogens is 4. The first kappa shape index (κ1) is 15.1. The fraction of sp³-hybridized carbons (Fsp3) is 0.368. The van der Waals surface area contributed by atoms with Gasteiger partial charge in [0.1, 0.15) is 0 Å². The maximum Gasteiger partial charge on any atom is 0.0662 e. The maximum atomic E-state index is 4.34. The summed E-state index contributed by atoms with van der Waals surface area (Å²) in [5.74, 6) is 0.569. The van der Waals surface area contributed by atoms with Crippen LogP contribution < -0.4 is 0 Å². The van der Waals surface area contributed by atoms with Crippen molar-refractivity contribution in [3.05, 3.63) is 71.8 Å². The molecule has 0 spiro atoms. The smallest absolute Gasteiger partial charge is 0.0662 e. The van der Waals surface area contributed by atoms with Crippen LogP contribution in [0.4, 0.5) is 0 Å². The van der Waals surface area contributed by atoms with Crippen LogP contribution in [0.5, 0.6) is 0 Å². The van der Waals surface area contributed by atoms with E-state index in [2.05, 4.69) is 50.5 Å². The molecule has 0 bridgehead atoms. The van der Waals surface area contributed by atoms with Crippen molar-refractivity contribution in [1.29, 1.82) is 0 Å². The van der Waals surface area contributed by atoms with Gasteiger partial charge in [0.05, 0.1) is 6.54 Å². The molecule has 1 N–H and O–H groups in total. The second-order valence-electron chi connectivity index (χ2n) is 6.56. The number of rotatable bonds is 5. The minimum Gasteiger partial charge on any atom is -0.298 e. The van der Waals surface area contributed by atoms with Gasteiger partial charge in [0.15, 0.2) is 0 Å². The Hall–Kier alpha value is -2.40. The van der Waals surface area contributed by atoms with E-state index < -0.39 is 0 Å². The van der Waals surface area contributed by atoms with Crippen LogP contribution in [0.25, 0.3) is 0 Å². The van der Waals surface area contributed by atoms with Crippen LogP contribution in [0, 0.1) is 0 Å². The van der Waals surface area contributed by atoms with Crippen LogP contribution in [0.2, 0.25) is 0 Å². The summed E-state index contributed by atoms with van der Waals surface area (Å²) in [5, 5.41) is 11.6. The van der Waals surface area contributed by atoms with E-state index in [-0.39, 0.29) is 0 Å². The molecule has 24 heavy (non-hydrogen) atoms. The largest absolute Gasteiger partial charge is 0.298 e. The third-order valence-electron chi connectivity index (χ3n) is 4.87. The number of likely N-dealkylation sites (tertiary alicyclic amines) is 1. The molecule has 0 radical (unpaired) electrons. The monoisotopic (exact) mass is 321 g/mol. The quantitative estimate of drug-likeness (QED) is 0.786. The first-order valence-electron chi connectivity index (χ1n) is 8.64. The maximum absolute atomic E-state index is 4.34. The molecule has 1 aromatic carbocycles. The predicted octanol–water partition coefficient (Wildman–Crippen LogP) is 3.03. The Morgan fingerprint density at radius 2 is 1.92 bits per heavy atom. The van der Waals surface area contributed by atoms with Crippen LogP contribution in [0.3, 0.4) is 0 Å². The average Bonchev–Trinajstić information content (AvgIpc) is 3.30. The van der Waals surface area contributed by atoms with Gasteiger partial charge in [-0.2, -0.15) is 10.2 Å². The molecule has 0 amide bonds. The van der Waals surface area contributed by atoms with E-state index in [0.29, 0.717) is 5.92 Å². The summed E-state index contributed by atoms with van der Waals surface area (Å²) in [6, 6.07) is 12.8. The number of aromatic amines is 1. The Kier molecular flexibility index (Phi) is 4.42. The Bertz CT molecular complexity index is 748. The third-order valence-corrected chi connectivity index (χ3v) is 4.87. The van der Waals surface area contributed by atoms with Gasteiger partial charge in [-0.3, -0.25) is 14.7 Å². The van der Waals surface area contributed by atoms with E-state index in [1.54, 1.807) is 0 Å². The van der Waals surface area contributed by atoms with Gasteiger partial charge in [0.2, 0.25) is 0 Å². The van der Waals surface area contributed by atoms with Gasteiger partial charge in [0, 0.05) is 43.3 Å². The molecular formula is C19H23N5. The summed E-state index contributed by atoms with van der Waals surface area (Å²) in [7, 11) is 0. The lowest BCUT2D eigenvalue weighted by Gasteiger charge is -2.32. The van der Waals surface area contributed by atoms with Crippen LogP contribution in [0.1, 0.15) is 35.6 Å². The van der Waals surface area contributed by atoms with Gasteiger partial charge < -0.3 is 0 Å². The summed E-state index contributed by atoms with van der Waals surface area (Å²) in [5.41, 5.74) is 4.02. The molecular weight excluding hydrogens is 298 g/mol. The number of nitrogens with one attached hydrogen (secondary N) is 1. The van der Waals surface area contributed by atoms with E-state index >= 15 is 0 Å². The van der Waals surface area contributed by atoms with Crippen LogP contribution in [0.15, 0.2) is 55.0 Å². The number of nitrogens with zero attached hydrogens (tertiary/aromatic N) is 4. The topological polar surface area (TPSA) is 49.7 Å². The van der Waals surface area contributed by atoms with Crippen molar-refractivity contribution < 1.29 is 0 Å². The Labute approximate surface area is 142 Å². The average molecular weight is 321 g/mol. The van der Waals surface area contributed by atoms with Crippen molar-refractivity contribution in [2.24, 2.45) is 0 Å². The van der Waals surface area contributed by atoms with E-state index in [0.717, 1.165) is 19.6 Å². The molecule has 4 rings (SSSR count). The first-order chi connectivity index (χ1) is 11.9. The summed E-state index contributed by atoms with van der Waals surface area (Å²) in [6.45, 7) is 4.10. The van der Waals surface area contributed by atoms with Gasteiger partial charge in [-0.1, -0.05) is 24.3 Å². The highest BCUT2D eigenvalue weighted by molar-refractivity contribution is 5.27. The number of H-pyrrole nitrogens is 1. The molecule has 1 atom stereocenters. The Morgan fingerprint density at radius 3 is 2.67 bits per heavy atom. The Morgan fingerprint density at radius 1 is 1.04 bits per heavy atom. The van der Waals surface area contributed by atoms with Crippen molar-refractivity contribution in [3.63, 3.8) is 0 Å². The fourth-order valence-electron chi connectivity index (χ4n) is 3.62. The van der Waals surface area contributed by atoms with Crippen molar-refractivity contribution in [3.8, 4) is 0 Å². The van der Waals surface area contributed by atoms with E-state index in [4.69, 9.17) is 0 Å². The number of piperidine rings is 1. The van der Waals surface area contributed by atoms with E-state index in [1.165, 1.54) is 36.2 Å². The predicted molar refractivity (Wildman–Crippen MR) is 93.6 cm³/mol. The highest BCUT2D eigenvalue weighted by atomic mass is 15.3. The molecule has 1 aliphatic rings. The van der Waals surface area contributed by atoms with Gasteiger partial charge in [-0.15, -0.1) is 0 Å². The van der Waals surface area contributed by atoms with Crippen LogP contribution in [-0.2, 0) is 13.1 Å². The molecule has 1 unspecified atom stereocenters. The summed E-state index contributed by atoms with van der Waals surface area (Å²) in [4.78, 5) is 2.57. The second-order valence-corrected chi connectivity index (χ2v) is 6.56. The molecule has 1 fully saturated rings. The number of hydrogen-bond donors (Lipinski definition) is 1. The molecule has 2 aromatic heterocycles. The minimum atomic E-state index is 0.569. The number of hydrogen-bond acceptors (Lipinski definition) is 3. The molecule has 1 aliphatic heterocycles. The molecule has 1 saturated heterocycles. The first-order valence-corrected chi connectivity index (χ1v) is 8.64.